The van der Waals surface area contributed by atoms with Gasteiger partial charge in [0.05, 0.1) is 27.7 Å². The first-order valence-electron chi connectivity index (χ1n) is 18.5. The van der Waals surface area contributed by atoms with Crippen LogP contribution in [0.2, 0.25) is 0 Å². The number of hydrogen-bond acceptors (Lipinski definition) is 2. The summed E-state index contributed by atoms with van der Waals surface area (Å²) in [6, 6.07) is 72.0. The zero-order valence-corrected chi connectivity index (χ0v) is 29.4. The standard InChI is InChI=1S/C51H33N3/c1-4-16-34(17-5-1)35-28-30-36(31-29-35)49-41-24-11-14-26-46(41)52-50(53-49)54-47-27-15-12-23-40(47)43-32-42-39-22-10-13-25-44(39)51(45(42)33-48(43)54,37-18-6-2-7-19-37)38-20-8-3-9-21-38/h1-33H. The maximum absolute atomic E-state index is 5.45. The van der Waals surface area contributed by atoms with Gasteiger partial charge in [-0.05, 0) is 68.8 Å². The number of para-hydroxylation sites is 2. The highest BCUT2D eigenvalue weighted by molar-refractivity contribution is 6.12. The lowest BCUT2D eigenvalue weighted by Crippen LogP contribution is -2.28. The van der Waals surface area contributed by atoms with Crippen molar-refractivity contribution < 1.29 is 0 Å². The van der Waals surface area contributed by atoms with Crippen molar-refractivity contribution in [2.24, 2.45) is 0 Å². The molecule has 54 heavy (non-hydrogen) atoms. The predicted octanol–water partition coefficient (Wildman–Crippen LogP) is 12.4. The fraction of sp³-hybridized carbons (Fsp3) is 0.0196. The molecule has 0 aliphatic heterocycles. The van der Waals surface area contributed by atoms with Gasteiger partial charge in [-0.1, -0.05) is 176 Å². The fourth-order valence-electron chi connectivity index (χ4n) is 8.95. The first-order chi connectivity index (χ1) is 26.8. The van der Waals surface area contributed by atoms with Crippen LogP contribution in [0.4, 0.5) is 0 Å². The largest absolute Gasteiger partial charge is 0.278 e. The second kappa shape index (κ2) is 12.0. The van der Waals surface area contributed by atoms with Gasteiger partial charge < -0.3 is 0 Å². The number of hydrogen-bond donors (Lipinski definition) is 0. The van der Waals surface area contributed by atoms with Crippen molar-refractivity contribution in [3.8, 4) is 39.5 Å². The topological polar surface area (TPSA) is 30.7 Å². The van der Waals surface area contributed by atoms with Crippen molar-refractivity contribution >= 4 is 32.7 Å². The van der Waals surface area contributed by atoms with Crippen LogP contribution in [-0.4, -0.2) is 14.5 Å². The number of nitrogens with zero attached hydrogens (tertiary/aromatic N) is 3. The molecule has 0 amide bonds. The van der Waals surface area contributed by atoms with Crippen LogP contribution in [0.15, 0.2) is 200 Å². The lowest BCUT2D eigenvalue weighted by molar-refractivity contribution is 0.769. The van der Waals surface area contributed by atoms with Crippen molar-refractivity contribution in [1.82, 2.24) is 14.5 Å². The Morgan fingerprint density at radius 2 is 0.944 bits per heavy atom. The fourth-order valence-corrected chi connectivity index (χ4v) is 8.95. The summed E-state index contributed by atoms with van der Waals surface area (Å²) in [6.45, 7) is 0. The molecule has 0 N–H and O–H groups in total. The van der Waals surface area contributed by atoms with E-state index in [1.54, 1.807) is 0 Å². The molecular weight excluding hydrogens is 655 g/mol. The summed E-state index contributed by atoms with van der Waals surface area (Å²) in [5.74, 6) is 0.655. The molecule has 1 aliphatic rings. The smallest absolute Gasteiger partial charge is 0.235 e. The molecule has 0 saturated heterocycles. The van der Waals surface area contributed by atoms with Gasteiger partial charge in [0, 0.05) is 21.7 Å². The number of fused-ring (bicyclic) bond motifs is 7. The quantitative estimate of drug-likeness (QED) is 0.180. The minimum atomic E-state index is -0.514. The highest BCUT2D eigenvalue weighted by Gasteiger charge is 2.46. The monoisotopic (exact) mass is 687 g/mol. The summed E-state index contributed by atoms with van der Waals surface area (Å²) < 4.78 is 2.28. The molecule has 1 aliphatic carbocycles. The van der Waals surface area contributed by atoms with Gasteiger partial charge in [0.2, 0.25) is 5.95 Å². The molecule has 0 fully saturated rings. The second-order valence-corrected chi connectivity index (χ2v) is 14.1. The Bertz CT molecular complexity index is 2980. The van der Waals surface area contributed by atoms with E-state index in [1.165, 1.54) is 55.3 Å². The molecule has 8 aromatic carbocycles. The van der Waals surface area contributed by atoms with E-state index in [0.29, 0.717) is 5.95 Å². The highest BCUT2D eigenvalue weighted by atomic mass is 15.2. The van der Waals surface area contributed by atoms with Crippen molar-refractivity contribution in [2.45, 2.75) is 5.41 Å². The third-order valence-electron chi connectivity index (χ3n) is 11.3. The van der Waals surface area contributed by atoms with Crippen LogP contribution in [0.5, 0.6) is 0 Å². The molecule has 3 heteroatoms. The van der Waals surface area contributed by atoms with Crippen LogP contribution in [0, 0.1) is 0 Å². The predicted molar refractivity (Wildman–Crippen MR) is 222 cm³/mol. The molecule has 3 nitrogen and oxygen atoms in total. The Morgan fingerprint density at radius 1 is 0.370 bits per heavy atom. The molecule has 10 aromatic rings. The summed E-state index contributed by atoms with van der Waals surface area (Å²) in [6.07, 6.45) is 0. The second-order valence-electron chi connectivity index (χ2n) is 14.1. The lowest BCUT2D eigenvalue weighted by Gasteiger charge is -2.34. The first-order valence-corrected chi connectivity index (χ1v) is 18.5. The highest BCUT2D eigenvalue weighted by Crippen LogP contribution is 2.57. The van der Waals surface area contributed by atoms with Gasteiger partial charge in [-0.25, -0.2) is 9.97 Å². The van der Waals surface area contributed by atoms with Gasteiger partial charge in [0.25, 0.3) is 0 Å². The zero-order valence-electron chi connectivity index (χ0n) is 29.4. The minimum Gasteiger partial charge on any atom is -0.278 e. The van der Waals surface area contributed by atoms with E-state index in [0.717, 1.165) is 33.2 Å². The maximum atomic E-state index is 5.45. The normalized spacial score (nSPS) is 13.0. The molecule has 11 rings (SSSR count). The van der Waals surface area contributed by atoms with Gasteiger partial charge >= 0.3 is 0 Å². The summed E-state index contributed by atoms with van der Waals surface area (Å²) >= 11 is 0. The van der Waals surface area contributed by atoms with Gasteiger partial charge in [-0.3, -0.25) is 4.57 Å². The molecule has 2 heterocycles. The Kier molecular flexibility index (Phi) is 6.77. The van der Waals surface area contributed by atoms with E-state index in [-0.39, 0.29) is 0 Å². The van der Waals surface area contributed by atoms with Crippen molar-refractivity contribution in [1.29, 1.82) is 0 Å². The molecule has 0 atom stereocenters. The summed E-state index contributed by atoms with van der Waals surface area (Å²) in [5, 5.41) is 3.38. The van der Waals surface area contributed by atoms with E-state index < -0.39 is 5.41 Å². The molecule has 2 aromatic heterocycles. The van der Waals surface area contributed by atoms with E-state index >= 15 is 0 Å². The Labute approximate surface area is 313 Å². The van der Waals surface area contributed by atoms with Crippen LogP contribution < -0.4 is 0 Å². The van der Waals surface area contributed by atoms with E-state index in [4.69, 9.17) is 9.97 Å². The molecule has 0 bridgehead atoms. The van der Waals surface area contributed by atoms with Crippen LogP contribution in [0.25, 0.3) is 72.2 Å². The van der Waals surface area contributed by atoms with Crippen LogP contribution in [-0.2, 0) is 5.41 Å². The minimum absolute atomic E-state index is 0.514. The van der Waals surface area contributed by atoms with Crippen LogP contribution in [0.1, 0.15) is 22.3 Å². The Morgan fingerprint density at radius 3 is 1.69 bits per heavy atom. The Balaban J connectivity index is 1.21. The van der Waals surface area contributed by atoms with Crippen LogP contribution in [0.3, 0.4) is 0 Å². The van der Waals surface area contributed by atoms with E-state index in [9.17, 15) is 0 Å². The Hall–Kier alpha value is -7.10. The zero-order chi connectivity index (χ0) is 35.6. The van der Waals surface area contributed by atoms with Crippen molar-refractivity contribution in [3.63, 3.8) is 0 Å². The number of aromatic nitrogens is 3. The molecule has 0 radical (unpaired) electrons. The van der Waals surface area contributed by atoms with Gasteiger partial charge in [0.1, 0.15) is 0 Å². The summed E-state index contributed by atoms with van der Waals surface area (Å²) in [5.41, 5.74) is 14.5. The van der Waals surface area contributed by atoms with E-state index in [1.807, 2.05) is 0 Å². The van der Waals surface area contributed by atoms with Gasteiger partial charge in [-0.2, -0.15) is 0 Å². The molecular formula is C51H33N3. The maximum Gasteiger partial charge on any atom is 0.235 e. The molecule has 0 unspecified atom stereocenters. The summed E-state index contributed by atoms with van der Waals surface area (Å²) in [7, 11) is 0. The lowest BCUT2D eigenvalue weighted by atomic mass is 9.67. The molecule has 0 spiro atoms. The van der Waals surface area contributed by atoms with Gasteiger partial charge in [0.15, 0.2) is 0 Å². The number of rotatable bonds is 5. The molecule has 0 saturated carbocycles. The van der Waals surface area contributed by atoms with Crippen LogP contribution >= 0.6 is 0 Å². The molecule has 252 valence electrons. The number of benzene rings is 8. The average molecular weight is 688 g/mol. The third kappa shape index (κ3) is 4.42. The van der Waals surface area contributed by atoms with E-state index in [2.05, 4.69) is 205 Å². The van der Waals surface area contributed by atoms with Crippen molar-refractivity contribution in [2.75, 3.05) is 0 Å². The summed E-state index contributed by atoms with van der Waals surface area (Å²) in [4.78, 5) is 10.8. The first kappa shape index (κ1) is 30.5. The van der Waals surface area contributed by atoms with Crippen molar-refractivity contribution in [3.05, 3.63) is 222 Å². The third-order valence-corrected chi connectivity index (χ3v) is 11.3. The average Bonchev–Trinajstić information content (AvgIpc) is 3.73. The van der Waals surface area contributed by atoms with Gasteiger partial charge in [-0.15, -0.1) is 0 Å². The SMILES string of the molecule is c1ccc(-c2ccc(-c3nc(-n4c5ccccc5c5cc6c(cc54)C(c4ccccc4)(c4ccccc4)c4ccccc4-6)nc4ccccc34)cc2)cc1.